The summed E-state index contributed by atoms with van der Waals surface area (Å²) in [6, 6.07) is 12.3. The van der Waals surface area contributed by atoms with Gasteiger partial charge >= 0.3 is 0 Å². The van der Waals surface area contributed by atoms with Crippen LogP contribution in [0.5, 0.6) is 5.88 Å². The zero-order valence-corrected chi connectivity index (χ0v) is 14.6. The molecular formula is C20H21N5O. The average Bonchev–Trinajstić information content (AvgIpc) is 3.42. The second kappa shape index (κ2) is 5.76. The molecule has 2 aromatic heterocycles. The molecule has 0 radical (unpaired) electrons. The minimum Gasteiger partial charge on any atom is -0.480 e. The number of aromatic amines is 1. The average molecular weight is 348 g/mol. The Labute approximate surface area is 153 Å². The Bertz CT molecular complexity index is 949. The van der Waals surface area contributed by atoms with Crippen LogP contribution in [0.3, 0.4) is 0 Å². The van der Waals surface area contributed by atoms with E-state index in [0.717, 1.165) is 42.0 Å². The van der Waals surface area contributed by atoms with Gasteiger partial charge in [0.25, 0.3) is 0 Å². The maximum atomic E-state index is 8.94. The summed E-state index contributed by atoms with van der Waals surface area (Å²) in [6.45, 7) is 0.373. The smallest absolute Gasteiger partial charge is 0.223 e. The van der Waals surface area contributed by atoms with E-state index in [0.29, 0.717) is 5.88 Å². The summed E-state index contributed by atoms with van der Waals surface area (Å²) in [4.78, 5) is 6.75. The lowest BCUT2D eigenvalue weighted by atomic mass is 9.94. The van der Waals surface area contributed by atoms with Crippen LogP contribution in [-0.2, 0) is 6.42 Å². The van der Waals surface area contributed by atoms with E-state index in [4.69, 9.17) is 11.1 Å². The molecule has 26 heavy (non-hydrogen) atoms. The van der Waals surface area contributed by atoms with Crippen LogP contribution in [0.15, 0.2) is 48.8 Å². The molecule has 6 heteroatoms. The molecule has 3 aromatic rings. The van der Waals surface area contributed by atoms with Crippen molar-refractivity contribution in [2.24, 2.45) is 0 Å². The van der Waals surface area contributed by atoms with Crippen LogP contribution in [0.4, 0.5) is 11.5 Å². The number of pyridine rings is 1. The summed E-state index contributed by atoms with van der Waals surface area (Å²) in [7, 11) is 1.62. The number of ether oxygens (including phenoxy) is 1. The van der Waals surface area contributed by atoms with E-state index in [1.54, 1.807) is 13.3 Å². The fraction of sp³-hybridized carbons (Fsp3) is 0.300. The minimum absolute atomic E-state index is 0.262. The standard InChI is InChI=1S/C20H21N5O/c1-26-19-16(15-11-21-22-12-15)6-7-18(23-19)25-9-8-20(13-25)10-14-4-2-3-5-17(14)24-20/h2-7,11-12,24H,8-10,13H2,1H3,(H,21,22)/i13D. The number of para-hydroxylation sites is 1. The van der Waals surface area contributed by atoms with Crippen molar-refractivity contribution in [2.45, 2.75) is 18.4 Å². The van der Waals surface area contributed by atoms with E-state index in [9.17, 15) is 0 Å². The maximum absolute atomic E-state index is 8.94. The van der Waals surface area contributed by atoms with Crippen LogP contribution < -0.4 is 15.0 Å². The Morgan fingerprint density at radius 3 is 3.00 bits per heavy atom. The SMILES string of the molecule is [2H]C1N(c2ccc(-c3cn[nH]c3)c(OC)n2)CCC12Cc1ccccc1N2. The number of nitrogens with zero attached hydrogens (tertiary/aromatic N) is 3. The summed E-state index contributed by atoms with van der Waals surface area (Å²) < 4.78 is 14.5. The third-order valence-electron chi connectivity index (χ3n) is 5.25. The Hall–Kier alpha value is -3.02. The predicted molar refractivity (Wildman–Crippen MR) is 102 cm³/mol. The van der Waals surface area contributed by atoms with Gasteiger partial charge in [-0.1, -0.05) is 18.2 Å². The highest BCUT2D eigenvalue weighted by atomic mass is 16.5. The topological polar surface area (TPSA) is 66.1 Å². The van der Waals surface area contributed by atoms with Crippen LogP contribution >= 0.6 is 0 Å². The summed E-state index contributed by atoms with van der Waals surface area (Å²) >= 11 is 0. The molecule has 2 aliphatic rings. The van der Waals surface area contributed by atoms with Crippen molar-refractivity contribution < 1.29 is 6.11 Å². The Morgan fingerprint density at radius 2 is 2.19 bits per heavy atom. The Kier molecular flexibility index (Phi) is 3.14. The van der Waals surface area contributed by atoms with Gasteiger partial charge in [0.1, 0.15) is 5.82 Å². The van der Waals surface area contributed by atoms with E-state index in [2.05, 4.69) is 38.6 Å². The maximum Gasteiger partial charge on any atom is 0.223 e. The Morgan fingerprint density at radius 1 is 1.27 bits per heavy atom. The molecule has 0 bridgehead atoms. The quantitative estimate of drug-likeness (QED) is 0.761. The van der Waals surface area contributed by atoms with Gasteiger partial charge in [-0.25, -0.2) is 0 Å². The van der Waals surface area contributed by atoms with Crippen molar-refractivity contribution in [3.05, 3.63) is 54.4 Å². The normalized spacial score (nSPS) is 24.4. The summed E-state index contributed by atoms with van der Waals surface area (Å²) in [6.07, 6.45) is 5.34. The van der Waals surface area contributed by atoms with Gasteiger partial charge in [-0.2, -0.15) is 10.1 Å². The highest BCUT2D eigenvalue weighted by Gasteiger charge is 2.42. The molecule has 0 aliphatic carbocycles. The summed E-state index contributed by atoms with van der Waals surface area (Å²) in [5.74, 6) is 1.32. The fourth-order valence-corrected chi connectivity index (χ4v) is 3.97. The zero-order chi connectivity index (χ0) is 18.4. The fourth-order valence-electron chi connectivity index (χ4n) is 3.97. The van der Waals surface area contributed by atoms with Crippen molar-refractivity contribution in [1.29, 1.82) is 0 Å². The van der Waals surface area contributed by atoms with E-state index in [1.165, 1.54) is 5.56 Å². The highest BCUT2D eigenvalue weighted by Crippen LogP contribution is 2.40. The second-order valence-electron chi connectivity index (χ2n) is 6.90. The van der Waals surface area contributed by atoms with Crippen LogP contribution in [0.2, 0.25) is 0 Å². The number of aromatic nitrogens is 3. The molecule has 0 amide bonds. The van der Waals surface area contributed by atoms with Crippen molar-refractivity contribution in [2.75, 3.05) is 30.4 Å². The molecule has 4 heterocycles. The van der Waals surface area contributed by atoms with Crippen LogP contribution in [-0.4, -0.2) is 40.9 Å². The van der Waals surface area contributed by atoms with Gasteiger partial charge in [0.2, 0.25) is 5.88 Å². The van der Waals surface area contributed by atoms with Gasteiger partial charge in [0, 0.05) is 36.1 Å². The third kappa shape index (κ3) is 2.41. The first-order valence-electron chi connectivity index (χ1n) is 9.37. The van der Waals surface area contributed by atoms with Gasteiger partial charge in [0.15, 0.2) is 0 Å². The van der Waals surface area contributed by atoms with Crippen molar-refractivity contribution in [3.8, 4) is 17.0 Å². The van der Waals surface area contributed by atoms with E-state index >= 15 is 0 Å². The van der Waals surface area contributed by atoms with Gasteiger partial charge in [0.05, 0.1) is 20.2 Å². The van der Waals surface area contributed by atoms with Gasteiger partial charge in [-0.15, -0.1) is 0 Å². The van der Waals surface area contributed by atoms with E-state index in [1.807, 2.05) is 24.4 Å². The lowest BCUT2D eigenvalue weighted by Gasteiger charge is -2.26. The van der Waals surface area contributed by atoms with Crippen LogP contribution in [0.1, 0.15) is 13.4 Å². The first kappa shape index (κ1) is 14.2. The third-order valence-corrected chi connectivity index (χ3v) is 5.25. The molecule has 2 aliphatic heterocycles. The van der Waals surface area contributed by atoms with Crippen LogP contribution in [0, 0.1) is 0 Å². The first-order valence-corrected chi connectivity index (χ1v) is 8.79. The molecule has 2 N–H and O–H groups in total. The number of hydrogen-bond acceptors (Lipinski definition) is 5. The van der Waals surface area contributed by atoms with Gasteiger partial charge in [-0.05, 0) is 36.6 Å². The highest BCUT2D eigenvalue weighted by molar-refractivity contribution is 5.69. The number of rotatable bonds is 3. The molecule has 132 valence electrons. The minimum atomic E-state index is -0.415. The number of benzene rings is 1. The number of methoxy groups -OCH3 is 1. The lowest BCUT2D eigenvalue weighted by molar-refractivity contribution is 0.399. The van der Waals surface area contributed by atoms with Crippen molar-refractivity contribution in [3.63, 3.8) is 0 Å². The van der Waals surface area contributed by atoms with Crippen LogP contribution in [0.25, 0.3) is 11.1 Å². The summed E-state index contributed by atoms with van der Waals surface area (Å²) in [5, 5.41) is 10.4. The molecule has 2 atom stereocenters. The predicted octanol–water partition coefficient (Wildman–Crippen LogP) is 3.10. The Balaban J connectivity index is 1.45. The summed E-state index contributed by atoms with van der Waals surface area (Å²) in [5.41, 5.74) is 3.99. The van der Waals surface area contributed by atoms with E-state index < -0.39 is 6.52 Å². The monoisotopic (exact) mass is 348 g/mol. The van der Waals surface area contributed by atoms with E-state index in [-0.39, 0.29) is 5.54 Å². The van der Waals surface area contributed by atoms with Crippen molar-refractivity contribution in [1.82, 2.24) is 15.2 Å². The number of hydrogen-bond donors (Lipinski definition) is 2. The molecule has 5 rings (SSSR count). The largest absolute Gasteiger partial charge is 0.480 e. The first-order chi connectivity index (χ1) is 13.2. The van der Waals surface area contributed by atoms with Crippen molar-refractivity contribution >= 4 is 11.5 Å². The second-order valence-corrected chi connectivity index (χ2v) is 6.90. The van der Waals surface area contributed by atoms with Gasteiger partial charge in [-0.3, -0.25) is 5.10 Å². The number of anilines is 2. The number of nitrogens with one attached hydrogen (secondary N) is 2. The lowest BCUT2D eigenvalue weighted by Crippen LogP contribution is -2.39. The van der Waals surface area contributed by atoms with Gasteiger partial charge < -0.3 is 15.0 Å². The molecule has 1 fully saturated rings. The molecule has 6 nitrogen and oxygen atoms in total. The molecular weight excluding hydrogens is 326 g/mol. The molecule has 1 aromatic carbocycles. The zero-order valence-electron chi connectivity index (χ0n) is 15.6. The molecule has 1 spiro atoms. The molecule has 0 saturated carbocycles. The molecule has 1 saturated heterocycles. The number of fused-ring (bicyclic) bond motifs is 1. The molecule has 2 unspecified atom stereocenters. The number of H-pyrrole nitrogens is 1.